The standard InChI is InChI=1S/C17H28ClNO2/c1-2-3-4-5-6-7-8-9-10-11-12-15-13-16(20)19(14-18)17(15)21/h11-12,15H,2-10,13-14H2,1H3. The van der Waals surface area contributed by atoms with Crippen LogP contribution in [0.2, 0.25) is 0 Å². The van der Waals surface area contributed by atoms with Crippen molar-refractivity contribution in [3.8, 4) is 0 Å². The van der Waals surface area contributed by atoms with E-state index in [0.717, 1.165) is 11.3 Å². The summed E-state index contributed by atoms with van der Waals surface area (Å²) >= 11 is 5.59. The van der Waals surface area contributed by atoms with E-state index in [9.17, 15) is 9.59 Å². The Morgan fingerprint density at radius 1 is 1.10 bits per heavy atom. The van der Waals surface area contributed by atoms with E-state index in [1.54, 1.807) is 0 Å². The van der Waals surface area contributed by atoms with E-state index < -0.39 is 0 Å². The zero-order valence-electron chi connectivity index (χ0n) is 13.2. The number of rotatable bonds is 11. The highest BCUT2D eigenvalue weighted by Crippen LogP contribution is 2.21. The minimum atomic E-state index is -0.287. The summed E-state index contributed by atoms with van der Waals surface area (Å²) < 4.78 is 0. The number of allylic oxidation sites excluding steroid dienone is 1. The van der Waals surface area contributed by atoms with Crippen molar-refractivity contribution in [1.29, 1.82) is 0 Å². The first-order chi connectivity index (χ1) is 10.2. The fourth-order valence-corrected chi connectivity index (χ4v) is 2.89. The molecule has 0 bridgehead atoms. The minimum Gasteiger partial charge on any atom is -0.274 e. The van der Waals surface area contributed by atoms with Crippen molar-refractivity contribution in [2.75, 3.05) is 6.00 Å². The molecule has 0 aromatic heterocycles. The van der Waals surface area contributed by atoms with E-state index in [0.29, 0.717) is 0 Å². The summed E-state index contributed by atoms with van der Waals surface area (Å²) in [4.78, 5) is 24.4. The average molecular weight is 314 g/mol. The summed E-state index contributed by atoms with van der Waals surface area (Å²) in [6.45, 7) is 2.24. The predicted molar refractivity (Wildman–Crippen MR) is 87.0 cm³/mol. The third-order valence-electron chi connectivity index (χ3n) is 3.99. The molecule has 0 aliphatic carbocycles. The second-order valence-electron chi connectivity index (χ2n) is 5.78. The fourth-order valence-electron chi connectivity index (χ4n) is 2.64. The normalized spacial score (nSPS) is 19.1. The number of amides is 2. The number of hydrogen-bond acceptors (Lipinski definition) is 2. The SMILES string of the molecule is CCCCCCCCCCC=CC1CC(=O)N(CCl)C1=O. The summed E-state index contributed by atoms with van der Waals surface area (Å²) in [5.41, 5.74) is 0. The summed E-state index contributed by atoms with van der Waals surface area (Å²) in [6.07, 6.45) is 15.6. The van der Waals surface area contributed by atoms with E-state index in [4.69, 9.17) is 11.6 Å². The van der Waals surface area contributed by atoms with Crippen LogP contribution in [0.3, 0.4) is 0 Å². The molecule has 0 N–H and O–H groups in total. The molecule has 1 fully saturated rings. The van der Waals surface area contributed by atoms with Gasteiger partial charge in [0.1, 0.15) is 6.00 Å². The lowest BCUT2D eigenvalue weighted by Gasteiger charge is -2.08. The van der Waals surface area contributed by atoms with Gasteiger partial charge in [-0.3, -0.25) is 14.5 Å². The average Bonchev–Trinajstić information content (AvgIpc) is 2.75. The maximum atomic E-state index is 11.8. The van der Waals surface area contributed by atoms with Crippen LogP contribution in [0.5, 0.6) is 0 Å². The predicted octanol–water partition coefficient (Wildman–Crippen LogP) is 4.64. The lowest BCUT2D eigenvalue weighted by molar-refractivity contribution is -0.137. The van der Waals surface area contributed by atoms with Gasteiger partial charge in [0.15, 0.2) is 0 Å². The Hall–Kier alpha value is -0.830. The molecule has 1 rings (SSSR count). The third kappa shape index (κ3) is 6.64. The summed E-state index contributed by atoms with van der Waals surface area (Å²) in [7, 11) is 0. The quantitative estimate of drug-likeness (QED) is 0.183. The Morgan fingerprint density at radius 2 is 1.71 bits per heavy atom. The smallest absolute Gasteiger partial charge is 0.237 e. The van der Waals surface area contributed by atoms with E-state index >= 15 is 0 Å². The first kappa shape index (κ1) is 18.2. The molecule has 0 saturated carbocycles. The van der Waals surface area contributed by atoms with Crippen LogP contribution in [-0.4, -0.2) is 22.7 Å². The first-order valence-electron chi connectivity index (χ1n) is 8.27. The Kier molecular flexibility index (Phi) is 9.40. The molecule has 4 heteroatoms. The number of unbranched alkanes of at least 4 members (excludes halogenated alkanes) is 8. The molecular weight excluding hydrogens is 286 g/mol. The van der Waals surface area contributed by atoms with Crippen molar-refractivity contribution >= 4 is 23.4 Å². The molecule has 1 aliphatic heterocycles. The van der Waals surface area contributed by atoms with Crippen LogP contribution in [0.1, 0.15) is 71.1 Å². The van der Waals surface area contributed by atoms with E-state index in [-0.39, 0.29) is 30.2 Å². The summed E-state index contributed by atoms with van der Waals surface area (Å²) in [6, 6.07) is -0.0277. The summed E-state index contributed by atoms with van der Waals surface area (Å²) in [5, 5.41) is 0. The van der Waals surface area contributed by atoms with E-state index in [1.807, 2.05) is 12.2 Å². The third-order valence-corrected chi connectivity index (χ3v) is 4.23. The molecular formula is C17H28ClNO2. The van der Waals surface area contributed by atoms with Gasteiger partial charge in [-0.1, -0.05) is 64.0 Å². The van der Waals surface area contributed by atoms with Crippen LogP contribution < -0.4 is 0 Å². The zero-order valence-corrected chi connectivity index (χ0v) is 13.9. The Balaban J connectivity index is 2.05. The number of nitrogens with zero attached hydrogens (tertiary/aromatic N) is 1. The van der Waals surface area contributed by atoms with Crippen LogP contribution in [0, 0.1) is 5.92 Å². The number of likely N-dealkylation sites (tertiary alicyclic amines) is 1. The maximum absolute atomic E-state index is 11.8. The van der Waals surface area contributed by atoms with Crippen molar-refractivity contribution in [1.82, 2.24) is 4.90 Å². The number of carbonyl (C=O) groups excluding carboxylic acids is 2. The highest BCUT2D eigenvalue weighted by Gasteiger charge is 2.36. The number of hydrogen-bond donors (Lipinski definition) is 0. The van der Waals surface area contributed by atoms with Gasteiger partial charge in [0.05, 0.1) is 5.92 Å². The second kappa shape index (κ2) is 10.8. The van der Waals surface area contributed by atoms with Gasteiger partial charge in [0.2, 0.25) is 11.8 Å². The number of halogens is 1. The van der Waals surface area contributed by atoms with Crippen LogP contribution in [0.15, 0.2) is 12.2 Å². The molecule has 1 aliphatic rings. The molecule has 1 saturated heterocycles. The second-order valence-corrected chi connectivity index (χ2v) is 6.02. The molecule has 1 heterocycles. The van der Waals surface area contributed by atoms with Gasteiger partial charge in [0, 0.05) is 6.42 Å². The number of carbonyl (C=O) groups is 2. The van der Waals surface area contributed by atoms with Gasteiger partial charge in [-0.15, -0.1) is 11.6 Å². The highest BCUT2D eigenvalue weighted by atomic mass is 35.5. The van der Waals surface area contributed by atoms with Gasteiger partial charge in [0.25, 0.3) is 0 Å². The van der Waals surface area contributed by atoms with Crippen molar-refractivity contribution < 1.29 is 9.59 Å². The number of imide groups is 1. The minimum absolute atomic E-state index is 0.0277. The summed E-state index contributed by atoms with van der Waals surface area (Å²) in [5.74, 6) is -0.593. The topological polar surface area (TPSA) is 37.4 Å². The molecule has 21 heavy (non-hydrogen) atoms. The molecule has 0 aromatic carbocycles. The Bertz CT molecular complexity index is 355. The molecule has 1 atom stereocenters. The van der Waals surface area contributed by atoms with Gasteiger partial charge >= 0.3 is 0 Å². The lowest BCUT2D eigenvalue weighted by atomic mass is 10.0. The van der Waals surface area contributed by atoms with E-state index in [2.05, 4.69) is 6.92 Å². The van der Waals surface area contributed by atoms with Gasteiger partial charge in [-0.25, -0.2) is 0 Å². The van der Waals surface area contributed by atoms with Gasteiger partial charge in [-0.05, 0) is 12.8 Å². The molecule has 0 radical (unpaired) electrons. The van der Waals surface area contributed by atoms with Crippen molar-refractivity contribution in [2.45, 2.75) is 71.1 Å². The fraction of sp³-hybridized carbons (Fsp3) is 0.765. The molecule has 1 unspecified atom stereocenters. The van der Waals surface area contributed by atoms with Crippen LogP contribution in [-0.2, 0) is 9.59 Å². The van der Waals surface area contributed by atoms with E-state index in [1.165, 1.54) is 51.4 Å². The largest absolute Gasteiger partial charge is 0.274 e. The van der Waals surface area contributed by atoms with Crippen molar-refractivity contribution in [2.24, 2.45) is 5.92 Å². The van der Waals surface area contributed by atoms with Crippen LogP contribution in [0.25, 0.3) is 0 Å². The molecule has 120 valence electrons. The maximum Gasteiger partial charge on any atom is 0.237 e. The Morgan fingerprint density at radius 3 is 2.29 bits per heavy atom. The van der Waals surface area contributed by atoms with Crippen LogP contribution in [0.4, 0.5) is 0 Å². The lowest BCUT2D eigenvalue weighted by Crippen LogP contribution is -2.28. The van der Waals surface area contributed by atoms with Crippen LogP contribution >= 0.6 is 11.6 Å². The number of alkyl halides is 1. The highest BCUT2D eigenvalue weighted by molar-refractivity contribution is 6.21. The zero-order chi connectivity index (χ0) is 15.5. The van der Waals surface area contributed by atoms with Crippen molar-refractivity contribution in [3.63, 3.8) is 0 Å². The Labute approximate surface area is 133 Å². The monoisotopic (exact) mass is 313 g/mol. The molecule has 0 aromatic rings. The van der Waals surface area contributed by atoms with Gasteiger partial charge in [-0.2, -0.15) is 0 Å². The molecule has 3 nitrogen and oxygen atoms in total. The van der Waals surface area contributed by atoms with Gasteiger partial charge < -0.3 is 0 Å². The van der Waals surface area contributed by atoms with Crippen molar-refractivity contribution in [3.05, 3.63) is 12.2 Å². The molecule has 2 amide bonds. The first-order valence-corrected chi connectivity index (χ1v) is 8.81. The molecule has 0 spiro atoms.